The summed E-state index contributed by atoms with van der Waals surface area (Å²) in [5, 5.41) is 13.7. The average molecular weight is 318 g/mol. The Bertz CT molecular complexity index is 579. The van der Waals surface area contributed by atoms with Crippen molar-refractivity contribution in [3.05, 3.63) is 18.0 Å². The number of carbonyl (C=O) groups excluding carboxylic acids is 1. The number of alkyl halides is 3. The lowest BCUT2D eigenvalue weighted by Crippen LogP contribution is -2.31. The molecule has 1 amide bonds. The highest BCUT2D eigenvalue weighted by Crippen LogP contribution is 2.38. The van der Waals surface area contributed by atoms with Crippen molar-refractivity contribution in [2.24, 2.45) is 11.8 Å². The monoisotopic (exact) mass is 318 g/mol. The molecule has 0 unspecified atom stereocenters. The molecule has 1 aromatic rings. The number of anilines is 1. The molecule has 0 saturated heterocycles. The van der Waals surface area contributed by atoms with Crippen LogP contribution in [0.25, 0.3) is 0 Å². The topological polar surface area (TPSA) is 104 Å². The first-order valence-electron chi connectivity index (χ1n) is 6.43. The smallest absolute Gasteiger partial charge is 0.433 e. The van der Waals surface area contributed by atoms with Gasteiger partial charge in [0.1, 0.15) is 5.69 Å². The third-order valence-corrected chi connectivity index (χ3v) is 3.10. The van der Waals surface area contributed by atoms with E-state index >= 15 is 0 Å². The van der Waals surface area contributed by atoms with Crippen LogP contribution < -0.4 is 10.6 Å². The molecule has 1 saturated carbocycles. The number of nitrogens with one attached hydrogen (secondary N) is 2. The van der Waals surface area contributed by atoms with Gasteiger partial charge in [0, 0.05) is 19.3 Å². The summed E-state index contributed by atoms with van der Waals surface area (Å²) in [6.45, 7) is 0.249. The van der Waals surface area contributed by atoms with Gasteiger partial charge in [-0.15, -0.1) is 0 Å². The highest BCUT2D eigenvalue weighted by atomic mass is 19.4. The molecule has 1 aromatic heterocycles. The fourth-order valence-corrected chi connectivity index (χ4v) is 1.85. The van der Waals surface area contributed by atoms with Crippen molar-refractivity contribution in [2.75, 3.05) is 18.4 Å². The van der Waals surface area contributed by atoms with Crippen LogP contribution in [0.5, 0.6) is 0 Å². The van der Waals surface area contributed by atoms with Gasteiger partial charge < -0.3 is 15.7 Å². The van der Waals surface area contributed by atoms with Crippen LogP contribution in [0.4, 0.5) is 19.1 Å². The van der Waals surface area contributed by atoms with E-state index < -0.39 is 29.7 Å². The molecule has 120 valence electrons. The normalized spacial score (nSPS) is 20.3. The third kappa shape index (κ3) is 4.06. The number of aliphatic carboxylic acids is 1. The number of carbonyl (C=O) groups is 2. The van der Waals surface area contributed by atoms with Crippen LogP contribution >= 0.6 is 0 Å². The lowest BCUT2D eigenvalue weighted by molar-refractivity contribution is -0.141. The van der Waals surface area contributed by atoms with Gasteiger partial charge in [-0.25, -0.2) is 9.97 Å². The largest absolute Gasteiger partial charge is 0.481 e. The van der Waals surface area contributed by atoms with Gasteiger partial charge in [0.15, 0.2) is 0 Å². The van der Waals surface area contributed by atoms with E-state index in [1.165, 1.54) is 0 Å². The van der Waals surface area contributed by atoms with Crippen molar-refractivity contribution < 1.29 is 27.9 Å². The molecule has 3 N–H and O–H groups in total. The average Bonchev–Trinajstić information content (AvgIpc) is 3.23. The maximum Gasteiger partial charge on any atom is 0.433 e. The summed E-state index contributed by atoms with van der Waals surface area (Å²) >= 11 is 0. The summed E-state index contributed by atoms with van der Waals surface area (Å²) in [5.74, 6) is -2.74. The first kappa shape index (κ1) is 16.0. The van der Waals surface area contributed by atoms with Crippen molar-refractivity contribution in [1.82, 2.24) is 15.3 Å². The van der Waals surface area contributed by atoms with Crippen LogP contribution in [0.1, 0.15) is 12.1 Å². The first-order chi connectivity index (χ1) is 10.3. The van der Waals surface area contributed by atoms with Gasteiger partial charge >= 0.3 is 12.1 Å². The number of hydrogen-bond donors (Lipinski definition) is 3. The van der Waals surface area contributed by atoms with Crippen molar-refractivity contribution >= 4 is 17.8 Å². The van der Waals surface area contributed by atoms with Gasteiger partial charge in [0.2, 0.25) is 11.9 Å². The predicted molar refractivity (Wildman–Crippen MR) is 67.8 cm³/mol. The molecule has 0 spiro atoms. The molecule has 10 heteroatoms. The standard InChI is InChI=1S/C12H13F3N4O3/c13-12(14,15)8-1-2-17-11(19-8)18-4-3-16-9(20)6-5-7(6)10(21)22/h1-2,6-7H,3-5H2,(H,16,20)(H,21,22)(H,17,18,19)/t6-,7-/m0/s1. The molecule has 1 aliphatic carbocycles. The zero-order valence-corrected chi connectivity index (χ0v) is 11.2. The van der Waals surface area contributed by atoms with Crippen molar-refractivity contribution in [3.8, 4) is 0 Å². The fraction of sp³-hybridized carbons (Fsp3) is 0.500. The first-order valence-corrected chi connectivity index (χ1v) is 6.43. The Morgan fingerprint density at radius 3 is 2.64 bits per heavy atom. The van der Waals surface area contributed by atoms with E-state index in [9.17, 15) is 22.8 Å². The molecule has 2 rings (SSSR count). The van der Waals surface area contributed by atoms with E-state index in [0.717, 1.165) is 12.3 Å². The number of hydrogen-bond acceptors (Lipinski definition) is 5. The molecule has 0 radical (unpaired) electrons. The predicted octanol–water partition coefficient (Wildman–Crippen LogP) is 0.744. The van der Waals surface area contributed by atoms with Crippen LogP contribution in [-0.4, -0.2) is 40.0 Å². The van der Waals surface area contributed by atoms with E-state index in [-0.39, 0.29) is 24.9 Å². The Balaban J connectivity index is 1.73. The summed E-state index contributed by atoms with van der Waals surface area (Å²) in [4.78, 5) is 29.1. The van der Waals surface area contributed by atoms with Gasteiger partial charge in [0.25, 0.3) is 0 Å². The van der Waals surface area contributed by atoms with Crippen LogP contribution in [0.3, 0.4) is 0 Å². The molecule has 0 bridgehead atoms. The van der Waals surface area contributed by atoms with E-state index in [0.29, 0.717) is 6.42 Å². The summed E-state index contributed by atoms with van der Waals surface area (Å²) in [6, 6.07) is 0.756. The quantitative estimate of drug-likeness (QED) is 0.669. The van der Waals surface area contributed by atoms with Crippen molar-refractivity contribution in [2.45, 2.75) is 12.6 Å². The molecule has 0 aromatic carbocycles. The number of carboxylic acid groups (broad SMARTS) is 1. The van der Waals surface area contributed by atoms with Gasteiger partial charge in [-0.1, -0.05) is 0 Å². The summed E-state index contributed by atoms with van der Waals surface area (Å²) in [5.41, 5.74) is -1.06. The van der Waals surface area contributed by atoms with Gasteiger partial charge in [0.05, 0.1) is 11.8 Å². The highest BCUT2D eigenvalue weighted by molar-refractivity contribution is 5.89. The van der Waals surface area contributed by atoms with Crippen LogP contribution in [0, 0.1) is 11.8 Å². The SMILES string of the molecule is O=C(O)[C@H]1C[C@@H]1C(=O)NCCNc1nccc(C(F)(F)F)n1. The van der Waals surface area contributed by atoms with Crippen LogP contribution in [0.15, 0.2) is 12.3 Å². The minimum Gasteiger partial charge on any atom is -0.481 e. The lowest BCUT2D eigenvalue weighted by atomic mass is 10.3. The second kappa shape index (κ2) is 6.16. The second-order valence-corrected chi connectivity index (χ2v) is 4.77. The van der Waals surface area contributed by atoms with Gasteiger partial charge in [-0.2, -0.15) is 13.2 Å². The van der Waals surface area contributed by atoms with E-state index in [4.69, 9.17) is 5.11 Å². The second-order valence-electron chi connectivity index (χ2n) is 4.77. The minimum atomic E-state index is -4.55. The van der Waals surface area contributed by atoms with E-state index in [1.54, 1.807) is 0 Å². The highest BCUT2D eigenvalue weighted by Gasteiger charge is 2.48. The van der Waals surface area contributed by atoms with Crippen LogP contribution in [-0.2, 0) is 15.8 Å². The molecule has 1 aliphatic rings. The molecule has 0 aliphatic heterocycles. The zero-order valence-electron chi connectivity index (χ0n) is 11.2. The molecule has 1 heterocycles. The number of aromatic nitrogens is 2. The Morgan fingerprint density at radius 2 is 2.05 bits per heavy atom. The number of halogens is 3. The molecule has 22 heavy (non-hydrogen) atoms. The summed E-state index contributed by atoms with van der Waals surface area (Å²) < 4.78 is 37.3. The summed E-state index contributed by atoms with van der Waals surface area (Å²) in [6.07, 6.45) is -3.25. The number of carboxylic acids is 1. The Labute approximate surface area is 122 Å². The molecule has 1 fully saturated rings. The fourth-order valence-electron chi connectivity index (χ4n) is 1.85. The third-order valence-electron chi connectivity index (χ3n) is 3.10. The maximum absolute atomic E-state index is 12.4. The van der Waals surface area contributed by atoms with Crippen molar-refractivity contribution in [3.63, 3.8) is 0 Å². The molecular formula is C12H13F3N4O3. The maximum atomic E-state index is 12.4. The Kier molecular flexibility index (Phi) is 4.48. The number of amides is 1. The molecule has 2 atom stereocenters. The van der Waals surface area contributed by atoms with Crippen molar-refractivity contribution in [1.29, 1.82) is 0 Å². The Hall–Kier alpha value is -2.39. The number of nitrogens with zero attached hydrogens (tertiary/aromatic N) is 2. The molecule has 7 nitrogen and oxygen atoms in total. The Morgan fingerprint density at radius 1 is 1.32 bits per heavy atom. The van der Waals surface area contributed by atoms with Crippen LogP contribution in [0.2, 0.25) is 0 Å². The lowest BCUT2D eigenvalue weighted by Gasteiger charge is -2.09. The summed E-state index contributed by atoms with van der Waals surface area (Å²) in [7, 11) is 0. The van der Waals surface area contributed by atoms with Gasteiger partial charge in [-0.3, -0.25) is 9.59 Å². The van der Waals surface area contributed by atoms with E-state index in [2.05, 4.69) is 20.6 Å². The number of rotatable bonds is 6. The van der Waals surface area contributed by atoms with Gasteiger partial charge in [-0.05, 0) is 12.5 Å². The molecular weight excluding hydrogens is 305 g/mol. The van der Waals surface area contributed by atoms with E-state index in [1.807, 2.05) is 0 Å². The zero-order chi connectivity index (χ0) is 16.3. The minimum absolute atomic E-state index is 0.123.